The first-order valence-corrected chi connectivity index (χ1v) is 7.07. The number of fused-ring (bicyclic) bond motifs is 1. The fourth-order valence-corrected chi connectivity index (χ4v) is 2.77. The molecule has 0 unspecified atom stereocenters. The molecule has 0 amide bonds. The number of para-hydroxylation sites is 1. The maximum atomic E-state index is 11.4. The minimum absolute atomic E-state index is 0.313. The van der Waals surface area contributed by atoms with Crippen molar-refractivity contribution in [2.45, 2.75) is 47.1 Å². The van der Waals surface area contributed by atoms with E-state index in [1.165, 1.54) is 16.5 Å². The van der Waals surface area contributed by atoms with Crippen molar-refractivity contribution >= 4 is 16.9 Å². The number of nitrogens with zero attached hydrogens (tertiary/aromatic N) is 1. The van der Waals surface area contributed by atoms with Gasteiger partial charge in [-0.05, 0) is 46.2 Å². The first-order valence-electron chi connectivity index (χ1n) is 7.07. The van der Waals surface area contributed by atoms with Gasteiger partial charge in [-0.2, -0.15) is 0 Å². The van der Waals surface area contributed by atoms with Gasteiger partial charge in [0.2, 0.25) is 0 Å². The first kappa shape index (κ1) is 14.6. The van der Waals surface area contributed by atoms with Gasteiger partial charge in [0.15, 0.2) is 0 Å². The fourth-order valence-electron chi connectivity index (χ4n) is 2.77. The third-order valence-electron chi connectivity index (χ3n) is 3.86. The summed E-state index contributed by atoms with van der Waals surface area (Å²) in [6.45, 7) is 9.95. The van der Waals surface area contributed by atoms with Crippen LogP contribution in [0.2, 0.25) is 0 Å². The smallest absolute Gasteiger partial charge is 0.309 e. The Bertz CT molecular complexity index is 650. The monoisotopic (exact) mass is 273 g/mol. The number of hydrogen-bond donors (Lipinski definition) is 1. The van der Waals surface area contributed by atoms with Gasteiger partial charge in [-0.15, -0.1) is 0 Å². The van der Waals surface area contributed by atoms with Crippen LogP contribution in [-0.2, 0) is 11.2 Å². The number of rotatable bonds is 4. The van der Waals surface area contributed by atoms with Gasteiger partial charge >= 0.3 is 5.97 Å². The molecule has 0 bridgehead atoms. The highest BCUT2D eigenvalue weighted by atomic mass is 16.4. The lowest BCUT2D eigenvalue weighted by atomic mass is 9.88. The van der Waals surface area contributed by atoms with Crippen LogP contribution >= 0.6 is 0 Å². The number of carboxylic acids is 1. The van der Waals surface area contributed by atoms with Gasteiger partial charge in [-0.1, -0.05) is 18.2 Å². The van der Waals surface area contributed by atoms with Crippen molar-refractivity contribution < 1.29 is 9.90 Å². The summed E-state index contributed by atoms with van der Waals surface area (Å²) in [6.07, 6.45) is 0.536. The largest absolute Gasteiger partial charge is 0.481 e. The van der Waals surface area contributed by atoms with Gasteiger partial charge < -0.3 is 9.67 Å². The molecule has 1 N–H and O–H groups in total. The van der Waals surface area contributed by atoms with Crippen LogP contribution in [0.5, 0.6) is 0 Å². The average molecular weight is 273 g/mol. The highest BCUT2D eigenvalue weighted by Crippen LogP contribution is 2.31. The van der Waals surface area contributed by atoms with E-state index < -0.39 is 11.4 Å². The minimum atomic E-state index is -0.755. The van der Waals surface area contributed by atoms with E-state index in [2.05, 4.69) is 49.6 Å². The summed E-state index contributed by atoms with van der Waals surface area (Å²) in [4.78, 5) is 11.4. The topological polar surface area (TPSA) is 42.2 Å². The van der Waals surface area contributed by atoms with Crippen molar-refractivity contribution in [2.75, 3.05) is 0 Å². The van der Waals surface area contributed by atoms with E-state index in [1.807, 2.05) is 0 Å². The summed E-state index contributed by atoms with van der Waals surface area (Å²) in [7, 11) is 0. The Morgan fingerprint density at radius 3 is 2.55 bits per heavy atom. The standard InChI is InChI=1S/C17H23NO2/c1-11(2)18-14(10-17(4,5)16(19)20)9-13-8-6-7-12(3)15(13)18/h6-9,11H,10H2,1-5H3,(H,19,20). The van der Waals surface area contributed by atoms with Crippen molar-refractivity contribution in [1.82, 2.24) is 4.57 Å². The second kappa shape index (κ2) is 4.97. The zero-order valence-electron chi connectivity index (χ0n) is 12.9. The van der Waals surface area contributed by atoms with Crippen molar-refractivity contribution in [3.05, 3.63) is 35.5 Å². The van der Waals surface area contributed by atoms with E-state index >= 15 is 0 Å². The van der Waals surface area contributed by atoms with Gasteiger partial charge in [-0.25, -0.2) is 0 Å². The SMILES string of the molecule is Cc1cccc2cc(CC(C)(C)C(=O)O)n(C(C)C)c12. The van der Waals surface area contributed by atoms with Gasteiger partial charge in [0, 0.05) is 23.5 Å². The molecule has 20 heavy (non-hydrogen) atoms. The molecule has 3 nitrogen and oxygen atoms in total. The molecule has 108 valence electrons. The van der Waals surface area contributed by atoms with E-state index in [-0.39, 0.29) is 0 Å². The lowest BCUT2D eigenvalue weighted by Crippen LogP contribution is -2.27. The number of hydrogen-bond acceptors (Lipinski definition) is 1. The normalized spacial score (nSPS) is 12.3. The Hall–Kier alpha value is -1.77. The van der Waals surface area contributed by atoms with E-state index in [9.17, 15) is 9.90 Å². The molecule has 0 spiro atoms. The van der Waals surface area contributed by atoms with Crippen molar-refractivity contribution in [3.8, 4) is 0 Å². The van der Waals surface area contributed by atoms with Gasteiger partial charge in [0.1, 0.15) is 0 Å². The Labute approximate surface area is 120 Å². The van der Waals surface area contributed by atoms with Crippen molar-refractivity contribution in [3.63, 3.8) is 0 Å². The van der Waals surface area contributed by atoms with Crippen LogP contribution in [0.4, 0.5) is 0 Å². The fraction of sp³-hybridized carbons (Fsp3) is 0.471. The van der Waals surface area contributed by atoms with Gasteiger partial charge in [0.05, 0.1) is 10.9 Å². The summed E-state index contributed by atoms with van der Waals surface area (Å²) in [6, 6.07) is 8.70. The summed E-state index contributed by atoms with van der Waals surface area (Å²) >= 11 is 0. The molecular weight excluding hydrogens is 250 g/mol. The van der Waals surface area contributed by atoms with Crippen LogP contribution in [0, 0.1) is 12.3 Å². The van der Waals surface area contributed by atoms with E-state index in [4.69, 9.17) is 0 Å². The zero-order valence-corrected chi connectivity index (χ0v) is 12.9. The highest BCUT2D eigenvalue weighted by molar-refractivity contribution is 5.85. The molecule has 2 rings (SSSR count). The number of aliphatic carboxylic acids is 1. The third-order valence-corrected chi connectivity index (χ3v) is 3.86. The molecule has 0 saturated carbocycles. The van der Waals surface area contributed by atoms with E-state index in [0.717, 1.165) is 5.69 Å². The predicted molar refractivity (Wildman–Crippen MR) is 82.2 cm³/mol. The van der Waals surface area contributed by atoms with Crippen LogP contribution in [0.25, 0.3) is 10.9 Å². The molecule has 1 heterocycles. The van der Waals surface area contributed by atoms with Crippen LogP contribution < -0.4 is 0 Å². The maximum absolute atomic E-state index is 11.4. The Balaban J connectivity index is 2.62. The summed E-state index contributed by atoms with van der Waals surface area (Å²) in [5, 5.41) is 10.5. The number of carboxylic acid groups (broad SMARTS) is 1. The number of aromatic nitrogens is 1. The first-order chi connectivity index (χ1) is 9.24. The molecule has 0 radical (unpaired) electrons. The lowest BCUT2D eigenvalue weighted by molar-refractivity contribution is -0.146. The van der Waals surface area contributed by atoms with E-state index in [0.29, 0.717) is 12.5 Å². The molecule has 1 aromatic heterocycles. The molecule has 2 aromatic rings. The Kier molecular flexibility index (Phi) is 3.63. The minimum Gasteiger partial charge on any atom is -0.481 e. The molecule has 0 atom stereocenters. The maximum Gasteiger partial charge on any atom is 0.309 e. The summed E-state index contributed by atoms with van der Waals surface area (Å²) < 4.78 is 2.27. The second-order valence-electron chi connectivity index (χ2n) is 6.48. The second-order valence-corrected chi connectivity index (χ2v) is 6.48. The summed E-state index contributed by atoms with van der Waals surface area (Å²) in [5.41, 5.74) is 2.79. The van der Waals surface area contributed by atoms with Crippen LogP contribution in [-0.4, -0.2) is 15.6 Å². The molecule has 3 heteroatoms. The van der Waals surface area contributed by atoms with Crippen molar-refractivity contribution in [2.24, 2.45) is 5.41 Å². The lowest BCUT2D eigenvalue weighted by Gasteiger charge is -2.22. The van der Waals surface area contributed by atoms with Crippen LogP contribution in [0.15, 0.2) is 24.3 Å². The van der Waals surface area contributed by atoms with Gasteiger partial charge in [-0.3, -0.25) is 4.79 Å². The zero-order chi connectivity index (χ0) is 15.1. The van der Waals surface area contributed by atoms with Crippen LogP contribution in [0.3, 0.4) is 0 Å². The Morgan fingerprint density at radius 1 is 1.35 bits per heavy atom. The molecule has 0 aliphatic heterocycles. The van der Waals surface area contributed by atoms with Crippen LogP contribution in [0.1, 0.15) is 45.0 Å². The van der Waals surface area contributed by atoms with E-state index in [1.54, 1.807) is 13.8 Å². The number of benzene rings is 1. The number of carbonyl (C=O) groups is 1. The molecule has 0 aliphatic rings. The molecule has 0 aliphatic carbocycles. The molecule has 1 aromatic carbocycles. The highest BCUT2D eigenvalue weighted by Gasteiger charge is 2.29. The quantitative estimate of drug-likeness (QED) is 0.907. The predicted octanol–water partition coefficient (Wildman–Crippen LogP) is 4.18. The molecule has 0 fully saturated rings. The molecular formula is C17H23NO2. The third kappa shape index (κ3) is 2.45. The van der Waals surface area contributed by atoms with Gasteiger partial charge in [0.25, 0.3) is 0 Å². The molecule has 0 saturated heterocycles. The van der Waals surface area contributed by atoms with Crippen molar-refractivity contribution in [1.29, 1.82) is 0 Å². The average Bonchev–Trinajstić information content (AvgIpc) is 2.67. The summed E-state index contributed by atoms with van der Waals surface area (Å²) in [5.74, 6) is -0.755. The number of aryl methyl sites for hydroxylation is 1. The Morgan fingerprint density at radius 2 is 2.00 bits per heavy atom.